The summed E-state index contributed by atoms with van der Waals surface area (Å²) in [5.41, 5.74) is 6.47. The summed E-state index contributed by atoms with van der Waals surface area (Å²) in [6, 6.07) is 3.42. The molecule has 21 heavy (non-hydrogen) atoms. The molecule has 2 atom stereocenters. The molecule has 3 rings (SSSR count). The average Bonchev–Trinajstić information content (AvgIpc) is 3.04. The predicted octanol–water partition coefficient (Wildman–Crippen LogP) is 0.216. The number of hydrogen-bond donors (Lipinski definition) is 2. The minimum absolute atomic E-state index is 0.0416. The van der Waals surface area contributed by atoms with Crippen molar-refractivity contribution in [2.24, 2.45) is 5.73 Å². The zero-order valence-corrected chi connectivity index (χ0v) is 12.1. The van der Waals surface area contributed by atoms with Crippen LogP contribution < -0.4 is 10.6 Å². The first-order valence-corrected chi connectivity index (χ1v) is 7.59. The average molecular weight is 290 g/mol. The fraction of sp³-hybridized carbons (Fsp3) is 0.600. The largest absolute Gasteiger partial charge is 0.390 e. The second-order valence-corrected chi connectivity index (χ2v) is 5.84. The Hall–Kier alpha value is -1.66. The van der Waals surface area contributed by atoms with E-state index in [-0.39, 0.29) is 11.9 Å². The Labute approximate surface area is 124 Å². The summed E-state index contributed by atoms with van der Waals surface area (Å²) in [5.74, 6) is 0.709. The number of carbonyl (C=O) groups excluding carboxylic acids is 1. The highest BCUT2D eigenvalue weighted by molar-refractivity contribution is 5.99. The molecule has 114 valence electrons. The van der Waals surface area contributed by atoms with E-state index in [1.165, 1.54) is 0 Å². The second-order valence-electron chi connectivity index (χ2n) is 5.84. The van der Waals surface area contributed by atoms with Gasteiger partial charge in [-0.3, -0.25) is 4.79 Å². The van der Waals surface area contributed by atoms with Gasteiger partial charge in [0, 0.05) is 38.4 Å². The van der Waals surface area contributed by atoms with Crippen LogP contribution in [0.3, 0.4) is 0 Å². The van der Waals surface area contributed by atoms with Crippen molar-refractivity contribution in [3.8, 4) is 0 Å². The number of aliphatic hydroxyl groups excluding tert-OH is 1. The molecule has 0 radical (unpaired) electrons. The highest BCUT2D eigenvalue weighted by Crippen LogP contribution is 2.24. The lowest BCUT2D eigenvalue weighted by Gasteiger charge is -2.35. The van der Waals surface area contributed by atoms with Gasteiger partial charge in [0.25, 0.3) is 5.91 Å². The van der Waals surface area contributed by atoms with Crippen LogP contribution in [-0.2, 0) is 0 Å². The molecule has 2 saturated heterocycles. The first kappa shape index (κ1) is 14.3. The second kappa shape index (κ2) is 5.99. The van der Waals surface area contributed by atoms with Crippen molar-refractivity contribution >= 4 is 11.7 Å². The molecule has 1 amide bonds. The van der Waals surface area contributed by atoms with E-state index in [2.05, 4.69) is 4.98 Å². The molecule has 0 unspecified atom stereocenters. The first-order valence-electron chi connectivity index (χ1n) is 7.59. The van der Waals surface area contributed by atoms with Gasteiger partial charge in [-0.15, -0.1) is 0 Å². The number of amides is 1. The van der Waals surface area contributed by atoms with Crippen molar-refractivity contribution in [2.75, 3.05) is 31.1 Å². The van der Waals surface area contributed by atoms with Crippen LogP contribution in [-0.4, -0.2) is 59.2 Å². The predicted molar refractivity (Wildman–Crippen MR) is 80.2 cm³/mol. The van der Waals surface area contributed by atoms with Crippen molar-refractivity contribution in [1.29, 1.82) is 0 Å². The Kier molecular flexibility index (Phi) is 4.07. The smallest absolute Gasteiger partial charge is 0.257 e. The molecule has 0 aromatic carbocycles. The number of carbonyl (C=O) groups is 1. The Morgan fingerprint density at radius 1 is 1.33 bits per heavy atom. The van der Waals surface area contributed by atoms with Crippen molar-refractivity contribution in [3.63, 3.8) is 0 Å². The van der Waals surface area contributed by atoms with E-state index < -0.39 is 6.10 Å². The third kappa shape index (κ3) is 2.87. The van der Waals surface area contributed by atoms with E-state index in [4.69, 9.17) is 5.73 Å². The number of anilines is 1. The third-order valence-corrected chi connectivity index (χ3v) is 4.34. The Balaban J connectivity index is 1.84. The lowest BCUT2D eigenvalue weighted by molar-refractivity contribution is 0.0792. The molecule has 6 heteroatoms. The molecule has 0 aliphatic carbocycles. The van der Waals surface area contributed by atoms with Crippen LogP contribution in [0.1, 0.15) is 29.6 Å². The van der Waals surface area contributed by atoms with Crippen LogP contribution in [0.5, 0.6) is 0 Å². The molecular weight excluding hydrogens is 268 g/mol. The Morgan fingerprint density at radius 2 is 2.10 bits per heavy atom. The Bertz CT molecular complexity index is 516. The van der Waals surface area contributed by atoms with Crippen LogP contribution >= 0.6 is 0 Å². The van der Waals surface area contributed by atoms with Gasteiger partial charge in [0.1, 0.15) is 5.82 Å². The molecule has 2 aliphatic rings. The maximum Gasteiger partial charge on any atom is 0.257 e. The van der Waals surface area contributed by atoms with Crippen LogP contribution in [0.15, 0.2) is 18.3 Å². The van der Waals surface area contributed by atoms with Crippen molar-refractivity contribution < 1.29 is 9.90 Å². The van der Waals surface area contributed by atoms with Gasteiger partial charge in [0.05, 0.1) is 11.7 Å². The van der Waals surface area contributed by atoms with Crippen LogP contribution in [0.2, 0.25) is 0 Å². The fourth-order valence-corrected chi connectivity index (χ4v) is 3.05. The van der Waals surface area contributed by atoms with Gasteiger partial charge in [-0.05, 0) is 31.4 Å². The van der Waals surface area contributed by atoms with Gasteiger partial charge in [-0.1, -0.05) is 0 Å². The highest BCUT2D eigenvalue weighted by Gasteiger charge is 2.29. The van der Waals surface area contributed by atoms with E-state index in [0.29, 0.717) is 24.3 Å². The number of aliphatic hydroxyl groups is 1. The molecule has 1 aromatic heterocycles. The van der Waals surface area contributed by atoms with Crippen molar-refractivity contribution in [1.82, 2.24) is 9.88 Å². The highest BCUT2D eigenvalue weighted by atomic mass is 16.3. The summed E-state index contributed by atoms with van der Waals surface area (Å²) < 4.78 is 0. The van der Waals surface area contributed by atoms with Gasteiger partial charge < -0.3 is 20.6 Å². The fourth-order valence-electron chi connectivity index (χ4n) is 3.05. The number of aromatic nitrogens is 1. The summed E-state index contributed by atoms with van der Waals surface area (Å²) >= 11 is 0. The molecule has 3 N–H and O–H groups in total. The summed E-state index contributed by atoms with van der Waals surface area (Å²) in [6.45, 7) is 2.79. The first-order chi connectivity index (χ1) is 10.2. The van der Waals surface area contributed by atoms with Crippen LogP contribution in [0, 0.1) is 0 Å². The quantitative estimate of drug-likeness (QED) is 0.814. The molecule has 0 bridgehead atoms. The van der Waals surface area contributed by atoms with Gasteiger partial charge in [0.2, 0.25) is 0 Å². The molecule has 0 spiro atoms. The number of pyridine rings is 1. The number of piperidine rings is 1. The number of likely N-dealkylation sites (tertiary alicyclic amines) is 1. The summed E-state index contributed by atoms with van der Waals surface area (Å²) in [5, 5.41) is 9.96. The van der Waals surface area contributed by atoms with Crippen LogP contribution in [0.4, 0.5) is 5.82 Å². The SMILES string of the molecule is N[C@@H]1CCN(c2ncccc2C(=O)N2CCCC2)C[C@H]1O. The standard InChI is InChI=1S/C15H22N4O2/c16-12-5-9-19(10-13(12)20)14-11(4-3-6-17-14)15(21)18-7-1-2-8-18/h3-4,6,12-13,20H,1-2,5,7-10,16H2/t12-,13-/m1/s1. The van der Waals surface area contributed by atoms with E-state index >= 15 is 0 Å². The minimum atomic E-state index is -0.574. The molecule has 1 aromatic rings. The molecule has 6 nitrogen and oxygen atoms in total. The monoisotopic (exact) mass is 290 g/mol. The van der Waals surface area contributed by atoms with Gasteiger partial charge >= 0.3 is 0 Å². The molecule has 3 heterocycles. The summed E-state index contributed by atoms with van der Waals surface area (Å²) in [7, 11) is 0. The van der Waals surface area contributed by atoms with E-state index in [1.807, 2.05) is 15.9 Å². The number of nitrogens with zero attached hydrogens (tertiary/aromatic N) is 3. The Morgan fingerprint density at radius 3 is 2.81 bits per heavy atom. The number of rotatable bonds is 2. The van der Waals surface area contributed by atoms with E-state index in [0.717, 1.165) is 32.5 Å². The van der Waals surface area contributed by atoms with Crippen LogP contribution in [0.25, 0.3) is 0 Å². The topological polar surface area (TPSA) is 82.7 Å². The zero-order valence-electron chi connectivity index (χ0n) is 12.1. The zero-order chi connectivity index (χ0) is 14.8. The summed E-state index contributed by atoms with van der Waals surface area (Å²) in [6.07, 6.45) is 3.96. The minimum Gasteiger partial charge on any atom is -0.390 e. The molecular formula is C15H22N4O2. The van der Waals surface area contributed by atoms with Gasteiger partial charge in [-0.25, -0.2) is 4.98 Å². The van der Waals surface area contributed by atoms with E-state index in [1.54, 1.807) is 12.3 Å². The van der Waals surface area contributed by atoms with Gasteiger partial charge in [0.15, 0.2) is 0 Å². The van der Waals surface area contributed by atoms with Crippen molar-refractivity contribution in [3.05, 3.63) is 23.9 Å². The van der Waals surface area contributed by atoms with Crippen molar-refractivity contribution in [2.45, 2.75) is 31.4 Å². The molecule has 0 saturated carbocycles. The number of hydrogen-bond acceptors (Lipinski definition) is 5. The number of β-amino-alcohol motifs (C(OH)–C–C–N with tert-alkyl or cyclic N) is 1. The maximum absolute atomic E-state index is 12.6. The lowest BCUT2D eigenvalue weighted by atomic mass is 10.0. The lowest BCUT2D eigenvalue weighted by Crippen LogP contribution is -2.51. The molecule has 2 fully saturated rings. The summed E-state index contributed by atoms with van der Waals surface area (Å²) in [4.78, 5) is 20.9. The normalized spacial score (nSPS) is 26.2. The van der Waals surface area contributed by atoms with Gasteiger partial charge in [-0.2, -0.15) is 0 Å². The third-order valence-electron chi connectivity index (χ3n) is 4.34. The number of nitrogens with two attached hydrogens (primary N) is 1. The maximum atomic E-state index is 12.6. The molecule has 2 aliphatic heterocycles. The van der Waals surface area contributed by atoms with E-state index in [9.17, 15) is 9.90 Å².